The summed E-state index contributed by atoms with van der Waals surface area (Å²) in [6.45, 7) is 0. The van der Waals surface area contributed by atoms with Gasteiger partial charge in [0, 0.05) is 10.2 Å². The Morgan fingerprint density at radius 2 is 2.09 bits per heavy atom. The number of nitrogens with two attached hydrogens (primary N) is 1. The lowest BCUT2D eigenvalue weighted by atomic mass is 10.1. The Morgan fingerprint density at radius 1 is 1.36 bits per heavy atom. The highest BCUT2D eigenvalue weighted by Crippen LogP contribution is 2.43. The second kappa shape index (κ2) is 2.52. The van der Waals surface area contributed by atoms with Crippen molar-refractivity contribution in [2.45, 2.75) is 18.8 Å². The predicted molar refractivity (Wildman–Crippen MR) is 50.5 cm³/mol. The number of halogens is 1. The molecule has 0 unspecified atom stereocenters. The lowest BCUT2D eigenvalue weighted by Crippen LogP contribution is -1.87. The molecule has 0 radical (unpaired) electrons. The maximum atomic E-state index is 5.62. The standard InChI is InChI=1S/C9H10BrN/c10-9-5-7(11)3-4-8(9)6-1-2-6/h3-6H,1-2,11H2. The van der Waals surface area contributed by atoms with Crippen LogP contribution < -0.4 is 5.73 Å². The number of hydrogen-bond acceptors (Lipinski definition) is 1. The molecule has 1 aromatic rings. The summed E-state index contributed by atoms with van der Waals surface area (Å²) in [6.07, 6.45) is 2.67. The van der Waals surface area contributed by atoms with Crippen LogP contribution >= 0.6 is 15.9 Å². The third kappa shape index (κ3) is 1.41. The molecule has 11 heavy (non-hydrogen) atoms. The van der Waals surface area contributed by atoms with Gasteiger partial charge in [-0.05, 0) is 36.5 Å². The Bertz CT molecular complexity index is 279. The third-order valence-corrected chi connectivity index (χ3v) is 2.73. The van der Waals surface area contributed by atoms with Gasteiger partial charge >= 0.3 is 0 Å². The number of rotatable bonds is 1. The number of anilines is 1. The van der Waals surface area contributed by atoms with E-state index < -0.39 is 0 Å². The van der Waals surface area contributed by atoms with Crippen molar-refractivity contribution in [1.29, 1.82) is 0 Å². The maximum absolute atomic E-state index is 5.62. The molecule has 0 aliphatic heterocycles. The lowest BCUT2D eigenvalue weighted by molar-refractivity contribution is 1.12. The Balaban J connectivity index is 2.39. The minimum absolute atomic E-state index is 0.796. The van der Waals surface area contributed by atoms with E-state index in [1.54, 1.807) is 0 Å². The summed E-state index contributed by atoms with van der Waals surface area (Å²) in [5, 5.41) is 0. The molecule has 2 N–H and O–H groups in total. The van der Waals surface area contributed by atoms with Crippen LogP contribution in [0.2, 0.25) is 0 Å². The Kier molecular flexibility index (Phi) is 1.64. The van der Waals surface area contributed by atoms with Crippen molar-refractivity contribution in [2.75, 3.05) is 5.73 Å². The van der Waals surface area contributed by atoms with Crippen molar-refractivity contribution in [2.24, 2.45) is 0 Å². The molecule has 0 aromatic heterocycles. The van der Waals surface area contributed by atoms with E-state index in [2.05, 4.69) is 22.0 Å². The fraction of sp³-hybridized carbons (Fsp3) is 0.333. The largest absolute Gasteiger partial charge is 0.399 e. The second-order valence-corrected chi connectivity index (χ2v) is 3.91. The van der Waals surface area contributed by atoms with E-state index in [4.69, 9.17) is 5.73 Å². The van der Waals surface area contributed by atoms with Gasteiger partial charge in [0.1, 0.15) is 0 Å². The minimum atomic E-state index is 0.796. The van der Waals surface area contributed by atoms with Crippen molar-refractivity contribution < 1.29 is 0 Å². The quantitative estimate of drug-likeness (QED) is 0.711. The van der Waals surface area contributed by atoms with Crippen LogP contribution in [-0.2, 0) is 0 Å². The fourth-order valence-electron chi connectivity index (χ4n) is 1.27. The van der Waals surface area contributed by atoms with Crippen molar-refractivity contribution in [3.63, 3.8) is 0 Å². The van der Waals surface area contributed by atoms with Crippen LogP contribution in [0.15, 0.2) is 22.7 Å². The summed E-state index contributed by atoms with van der Waals surface area (Å²) in [6, 6.07) is 6.07. The molecule has 1 aliphatic carbocycles. The zero-order valence-corrected chi connectivity index (χ0v) is 7.76. The second-order valence-electron chi connectivity index (χ2n) is 3.06. The maximum Gasteiger partial charge on any atom is 0.0325 e. The van der Waals surface area contributed by atoms with Gasteiger partial charge in [-0.25, -0.2) is 0 Å². The van der Waals surface area contributed by atoms with Crippen LogP contribution in [-0.4, -0.2) is 0 Å². The molecule has 0 saturated heterocycles. The number of hydrogen-bond donors (Lipinski definition) is 1. The van der Waals surface area contributed by atoms with E-state index in [9.17, 15) is 0 Å². The smallest absolute Gasteiger partial charge is 0.0325 e. The van der Waals surface area contributed by atoms with Gasteiger partial charge in [0.15, 0.2) is 0 Å². The molecule has 1 aliphatic rings. The molecular formula is C9H10BrN. The molecule has 58 valence electrons. The SMILES string of the molecule is Nc1ccc(C2CC2)c(Br)c1. The van der Waals surface area contributed by atoms with Gasteiger partial charge in [0.05, 0.1) is 0 Å². The van der Waals surface area contributed by atoms with E-state index in [0.29, 0.717) is 0 Å². The number of benzene rings is 1. The first kappa shape index (κ1) is 7.17. The van der Waals surface area contributed by atoms with Crippen molar-refractivity contribution in [3.8, 4) is 0 Å². The molecule has 0 spiro atoms. The first-order valence-electron chi connectivity index (χ1n) is 3.82. The van der Waals surface area contributed by atoms with E-state index in [1.807, 2.05) is 12.1 Å². The van der Waals surface area contributed by atoms with Crippen LogP contribution in [0.25, 0.3) is 0 Å². The summed E-state index contributed by atoms with van der Waals surface area (Å²) in [5.74, 6) is 0.796. The third-order valence-electron chi connectivity index (χ3n) is 2.04. The van der Waals surface area contributed by atoms with E-state index >= 15 is 0 Å². The zero-order chi connectivity index (χ0) is 7.84. The predicted octanol–water partition coefficient (Wildman–Crippen LogP) is 2.91. The van der Waals surface area contributed by atoms with Gasteiger partial charge in [-0.1, -0.05) is 22.0 Å². The van der Waals surface area contributed by atoms with E-state index in [0.717, 1.165) is 11.6 Å². The molecule has 1 aromatic carbocycles. The van der Waals surface area contributed by atoms with Crippen LogP contribution in [0.4, 0.5) is 5.69 Å². The van der Waals surface area contributed by atoms with Crippen LogP contribution in [0.1, 0.15) is 24.3 Å². The van der Waals surface area contributed by atoms with Gasteiger partial charge < -0.3 is 5.73 Å². The number of nitrogen functional groups attached to an aromatic ring is 1. The molecule has 2 heteroatoms. The van der Waals surface area contributed by atoms with E-state index in [-0.39, 0.29) is 0 Å². The average Bonchev–Trinajstić information content (AvgIpc) is 2.70. The van der Waals surface area contributed by atoms with Crippen molar-refractivity contribution >= 4 is 21.6 Å². The van der Waals surface area contributed by atoms with E-state index in [1.165, 1.54) is 22.9 Å². The first-order chi connectivity index (χ1) is 5.27. The highest BCUT2D eigenvalue weighted by atomic mass is 79.9. The molecule has 1 saturated carbocycles. The molecule has 1 nitrogen and oxygen atoms in total. The molecule has 0 heterocycles. The van der Waals surface area contributed by atoms with Crippen molar-refractivity contribution in [3.05, 3.63) is 28.2 Å². The zero-order valence-electron chi connectivity index (χ0n) is 6.18. The van der Waals surface area contributed by atoms with Gasteiger partial charge in [-0.2, -0.15) is 0 Å². The highest BCUT2D eigenvalue weighted by molar-refractivity contribution is 9.10. The summed E-state index contributed by atoms with van der Waals surface area (Å²) in [5.41, 5.74) is 7.87. The molecular weight excluding hydrogens is 202 g/mol. The monoisotopic (exact) mass is 211 g/mol. The lowest BCUT2D eigenvalue weighted by Gasteiger charge is -2.02. The van der Waals surface area contributed by atoms with Gasteiger partial charge in [0.25, 0.3) is 0 Å². The molecule has 1 fully saturated rings. The Morgan fingerprint density at radius 3 is 2.64 bits per heavy atom. The molecule has 0 atom stereocenters. The molecule has 0 bridgehead atoms. The topological polar surface area (TPSA) is 26.0 Å². The minimum Gasteiger partial charge on any atom is -0.399 e. The van der Waals surface area contributed by atoms with Crippen LogP contribution in [0.3, 0.4) is 0 Å². The average molecular weight is 212 g/mol. The molecule has 2 rings (SSSR count). The summed E-state index contributed by atoms with van der Waals surface area (Å²) >= 11 is 3.51. The normalized spacial score (nSPS) is 16.8. The first-order valence-corrected chi connectivity index (χ1v) is 4.61. The van der Waals surface area contributed by atoms with Gasteiger partial charge in [-0.15, -0.1) is 0 Å². The van der Waals surface area contributed by atoms with Gasteiger partial charge in [-0.3, -0.25) is 0 Å². The van der Waals surface area contributed by atoms with Crippen LogP contribution in [0, 0.1) is 0 Å². The highest BCUT2D eigenvalue weighted by Gasteiger charge is 2.25. The summed E-state index contributed by atoms with van der Waals surface area (Å²) in [4.78, 5) is 0. The summed E-state index contributed by atoms with van der Waals surface area (Å²) in [7, 11) is 0. The summed E-state index contributed by atoms with van der Waals surface area (Å²) < 4.78 is 1.17. The van der Waals surface area contributed by atoms with Gasteiger partial charge in [0.2, 0.25) is 0 Å². The van der Waals surface area contributed by atoms with Crippen LogP contribution in [0.5, 0.6) is 0 Å². The Hall–Kier alpha value is -0.500. The Labute approximate surface area is 74.7 Å². The fourth-order valence-corrected chi connectivity index (χ4v) is 1.99. The van der Waals surface area contributed by atoms with Crippen molar-refractivity contribution in [1.82, 2.24) is 0 Å². The molecule has 0 amide bonds.